The summed E-state index contributed by atoms with van der Waals surface area (Å²) in [6.07, 6.45) is 3.83. The van der Waals surface area contributed by atoms with Crippen molar-refractivity contribution >= 4 is 46.5 Å². The third-order valence-electron chi connectivity index (χ3n) is 9.77. The average Bonchev–Trinajstić information content (AvgIpc) is 3.62. The molecule has 0 spiro atoms. The number of anilines is 1. The molecule has 0 aliphatic heterocycles. The van der Waals surface area contributed by atoms with Gasteiger partial charge in [-0.1, -0.05) is 30.3 Å². The first-order chi connectivity index (χ1) is 27.4. The first kappa shape index (κ1) is 43.2. The smallest absolute Gasteiger partial charge is 0.407 e. The van der Waals surface area contributed by atoms with Gasteiger partial charge in [0.1, 0.15) is 17.2 Å². The first-order valence-electron chi connectivity index (χ1n) is 19.9. The molecule has 1 aliphatic rings. The van der Waals surface area contributed by atoms with Crippen molar-refractivity contribution in [1.29, 1.82) is 0 Å². The first-order valence-corrected chi connectivity index (χ1v) is 19.9. The van der Waals surface area contributed by atoms with Crippen LogP contribution < -0.4 is 26.6 Å². The third kappa shape index (κ3) is 13.1. The molecule has 0 bridgehead atoms. The molecular weight excluding hydrogens is 739 g/mol. The van der Waals surface area contributed by atoms with Crippen LogP contribution in [0.15, 0.2) is 66.9 Å². The summed E-state index contributed by atoms with van der Waals surface area (Å²) in [5.74, 6) is -0.771. The second kappa shape index (κ2) is 19.0. The van der Waals surface area contributed by atoms with Crippen LogP contribution in [0.25, 0.3) is 22.0 Å². The maximum absolute atomic E-state index is 13.8. The molecule has 3 aromatic carbocycles. The normalized spacial score (nSPS) is 16.1. The molecule has 1 aliphatic carbocycles. The standard InChI is InChI=1S/C44H57N7O7/c1-27-22-32(38(52)45-20-21-46-41(55)57-43(2,3)4)17-19-35(27)30-12-8-28(9-13-30)23-37(40(54)49-34-18-16-33-26-48-51-36(33)24-34)50-39(53)31-14-10-29(11-15-31)25-47-42(56)58-44(5,6)7/h8-9,12-13,16-19,22,24,26,29,31,37H,10-11,14-15,20-21,23,25H2,1-7H3,(H,45,52)(H,46,55)(H,47,56)(H,48,51)(H,49,54)(H,50,53)/t29?,31?,37-/m0/s1. The van der Waals surface area contributed by atoms with Crippen LogP contribution >= 0.6 is 0 Å². The molecule has 14 heteroatoms. The lowest BCUT2D eigenvalue weighted by Crippen LogP contribution is -2.48. The van der Waals surface area contributed by atoms with Crippen LogP contribution in [-0.2, 0) is 25.5 Å². The van der Waals surface area contributed by atoms with E-state index in [1.165, 1.54) is 0 Å². The number of rotatable bonds is 13. The van der Waals surface area contributed by atoms with E-state index in [1.54, 1.807) is 39.1 Å². The molecule has 1 saturated carbocycles. The van der Waals surface area contributed by atoms with Crippen molar-refractivity contribution < 1.29 is 33.4 Å². The molecular formula is C44H57N7O7. The molecule has 310 valence electrons. The van der Waals surface area contributed by atoms with Gasteiger partial charge in [-0.3, -0.25) is 19.5 Å². The lowest BCUT2D eigenvalue weighted by Gasteiger charge is -2.29. The van der Waals surface area contributed by atoms with Crippen molar-refractivity contribution in [2.45, 2.75) is 97.8 Å². The van der Waals surface area contributed by atoms with Gasteiger partial charge in [-0.15, -0.1) is 0 Å². The number of carbonyl (C=O) groups excluding carboxylic acids is 5. The molecule has 0 radical (unpaired) electrons. The summed E-state index contributed by atoms with van der Waals surface area (Å²) >= 11 is 0. The van der Waals surface area contributed by atoms with Crippen LogP contribution in [0.3, 0.4) is 0 Å². The third-order valence-corrected chi connectivity index (χ3v) is 9.77. The molecule has 14 nitrogen and oxygen atoms in total. The van der Waals surface area contributed by atoms with E-state index in [2.05, 4.69) is 36.8 Å². The van der Waals surface area contributed by atoms with Crippen molar-refractivity contribution in [3.8, 4) is 11.1 Å². The lowest BCUT2D eigenvalue weighted by atomic mass is 9.81. The SMILES string of the molecule is Cc1cc(C(=O)NCCNC(=O)OC(C)(C)C)ccc1-c1ccc(C[C@H](NC(=O)C2CCC(CNC(=O)OC(C)(C)C)CC2)C(=O)Nc2ccc3cn[nH]c3c2)cc1. The van der Waals surface area contributed by atoms with Crippen molar-refractivity contribution in [3.63, 3.8) is 0 Å². The van der Waals surface area contributed by atoms with Crippen molar-refractivity contribution in [3.05, 3.63) is 83.6 Å². The van der Waals surface area contributed by atoms with Gasteiger partial charge in [-0.2, -0.15) is 5.10 Å². The highest BCUT2D eigenvalue weighted by atomic mass is 16.6. The van der Waals surface area contributed by atoms with E-state index in [0.717, 1.165) is 46.0 Å². The van der Waals surface area contributed by atoms with E-state index in [0.29, 0.717) is 30.6 Å². The Morgan fingerprint density at radius 2 is 1.45 bits per heavy atom. The summed E-state index contributed by atoms with van der Waals surface area (Å²) in [4.78, 5) is 64.3. The number of aryl methyl sites for hydroxylation is 1. The fourth-order valence-corrected chi connectivity index (χ4v) is 6.86. The zero-order chi connectivity index (χ0) is 42.0. The Hall–Kier alpha value is -5.92. The summed E-state index contributed by atoms with van der Waals surface area (Å²) in [5, 5.41) is 22.2. The number of nitrogens with one attached hydrogen (secondary N) is 6. The molecule has 6 N–H and O–H groups in total. The predicted molar refractivity (Wildman–Crippen MR) is 223 cm³/mol. The van der Waals surface area contributed by atoms with E-state index in [-0.39, 0.29) is 49.1 Å². The Bertz CT molecular complexity index is 2070. The van der Waals surface area contributed by atoms with Gasteiger partial charge >= 0.3 is 12.2 Å². The Kier molecular flexibility index (Phi) is 14.2. The molecule has 1 heterocycles. The quantitative estimate of drug-likeness (QED) is 0.0797. The molecule has 58 heavy (non-hydrogen) atoms. The number of aromatic nitrogens is 2. The van der Waals surface area contributed by atoms with Gasteiger partial charge in [0.15, 0.2) is 0 Å². The summed E-state index contributed by atoms with van der Waals surface area (Å²) in [6.45, 7) is 13.7. The molecule has 1 aromatic heterocycles. The molecule has 0 saturated heterocycles. The Balaban J connectivity index is 1.20. The number of aromatic amines is 1. The van der Waals surface area contributed by atoms with Gasteiger partial charge in [-0.25, -0.2) is 9.59 Å². The van der Waals surface area contributed by atoms with Crippen LogP contribution in [-0.4, -0.2) is 77.0 Å². The van der Waals surface area contributed by atoms with Crippen molar-refractivity contribution in [1.82, 2.24) is 31.5 Å². The number of carbonyl (C=O) groups is 5. The maximum atomic E-state index is 13.8. The zero-order valence-electron chi connectivity index (χ0n) is 34.5. The molecule has 5 amide bonds. The van der Waals surface area contributed by atoms with E-state index in [1.807, 2.05) is 76.2 Å². The van der Waals surface area contributed by atoms with E-state index in [9.17, 15) is 24.0 Å². The Morgan fingerprint density at radius 1 is 0.793 bits per heavy atom. The van der Waals surface area contributed by atoms with Crippen LogP contribution in [0.1, 0.15) is 88.7 Å². The fourth-order valence-electron chi connectivity index (χ4n) is 6.86. The number of amides is 5. The van der Waals surface area contributed by atoms with Gasteiger partial charge in [0.05, 0.1) is 11.7 Å². The lowest BCUT2D eigenvalue weighted by molar-refractivity contribution is -0.130. The van der Waals surface area contributed by atoms with Gasteiger partial charge in [0.25, 0.3) is 5.91 Å². The zero-order valence-corrected chi connectivity index (χ0v) is 34.5. The van der Waals surface area contributed by atoms with Crippen LogP contribution in [0.4, 0.5) is 15.3 Å². The predicted octanol–water partition coefficient (Wildman–Crippen LogP) is 6.79. The van der Waals surface area contributed by atoms with E-state index >= 15 is 0 Å². The van der Waals surface area contributed by atoms with Gasteiger partial charge in [0, 0.05) is 48.6 Å². The maximum Gasteiger partial charge on any atom is 0.407 e. The number of alkyl carbamates (subject to hydrolysis) is 2. The van der Waals surface area contributed by atoms with Crippen LogP contribution in [0.2, 0.25) is 0 Å². The fraction of sp³-hybridized carbons (Fsp3) is 0.455. The van der Waals surface area contributed by atoms with E-state index < -0.39 is 29.4 Å². The van der Waals surface area contributed by atoms with Crippen LogP contribution in [0.5, 0.6) is 0 Å². The minimum absolute atomic E-state index is 0.168. The molecule has 4 aromatic rings. The summed E-state index contributed by atoms with van der Waals surface area (Å²) in [5.41, 5.74) is 4.33. The number of H-pyrrole nitrogens is 1. The van der Waals surface area contributed by atoms with Gasteiger partial charge in [0.2, 0.25) is 11.8 Å². The van der Waals surface area contributed by atoms with Gasteiger partial charge in [-0.05, 0) is 133 Å². The van der Waals surface area contributed by atoms with Gasteiger partial charge < -0.3 is 36.1 Å². The highest BCUT2D eigenvalue weighted by Gasteiger charge is 2.30. The van der Waals surface area contributed by atoms with Crippen molar-refractivity contribution in [2.75, 3.05) is 25.0 Å². The Morgan fingerprint density at radius 3 is 2.10 bits per heavy atom. The second-order valence-electron chi connectivity index (χ2n) is 16.9. The number of hydrogen-bond donors (Lipinski definition) is 6. The largest absolute Gasteiger partial charge is 0.444 e. The number of nitrogens with zero attached hydrogens (tertiary/aromatic N) is 1. The van der Waals surface area contributed by atoms with Crippen LogP contribution in [0, 0.1) is 18.8 Å². The second-order valence-corrected chi connectivity index (χ2v) is 16.9. The Labute approximate surface area is 340 Å². The molecule has 1 fully saturated rings. The summed E-state index contributed by atoms with van der Waals surface area (Å²) in [6, 6.07) is 17.9. The summed E-state index contributed by atoms with van der Waals surface area (Å²) in [7, 11) is 0. The number of hydrogen-bond acceptors (Lipinski definition) is 8. The topological polar surface area (TPSA) is 193 Å². The average molecular weight is 796 g/mol. The number of benzene rings is 3. The molecule has 5 rings (SSSR count). The minimum Gasteiger partial charge on any atom is -0.444 e. The monoisotopic (exact) mass is 795 g/mol. The molecule has 1 atom stereocenters. The van der Waals surface area contributed by atoms with Crippen molar-refractivity contribution in [2.24, 2.45) is 11.8 Å². The number of fused-ring (bicyclic) bond motifs is 1. The highest BCUT2D eigenvalue weighted by molar-refractivity contribution is 5.99. The highest BCUT2D eigenvalue weighted by Crippen LogP contribution is 2.30. The van der Waals surface area contributed by atoms with E-state index in [4.69, 9.17) is 9.47 Å². The molecule has 0 unspecified atom stereocenters. The number of ether oxygens (including phenoxy) is 2. The summed E-state index contributed by atoms with van der Waals surface area (Å²) < 4.78 is 10.6. The minimum atomic E-state index is -0.846.